The van der Waals surface area contributed by atoms with Crippen LogP contribution in [0.1, 0.15) is 29.5 Å². The van der Waals surface area contributed by atoms with Crippen molar-refractivity contribution in [3.8, 4) is 17.2 Å². The van der Waals surface area contributed by atoms with Gasteiger partial charge in [0.05, 0.1) is 47.4 Å². The number of phenols is 1. The molecule has 258 valence electrons. The van der Waals surface area contributed by atoms with Gasteiger partial charge in [0.1, 0.15) is 11.5 Å². The molecule has 0 radical (unpaired) electrons. The molecule has 3 aliphatic rings. The molecular formula is C37H28BrCl2N5O6. The number of allylic oxidation sites excluding steroid dienone is 2. The van der Waals surface area contributed by atoms with Crippen molar-refractivity contribution in [3.63, 3.8) is 0 Å². The molecular weight excluding hydrogens is 761 g/mol. The first-order chi connectivity index (χ1) is 24.6. The van der Waals surface area contributed by atoms with Crippen molar-refractivity contribution in [1.29, 1.82) is 0 Å². The van der Waals surface area contributed by atoms with Crippen LogP contribution in [0.2, 0.25) is 10.0 Å². The maximum atomic E-state index is 15.3. The summed E-state index contributed by atoms with van der Waals surface area (Å²) in [7, 11) is 1.53. The first-order valence-electron chi connectivity index (χ1n) is 16.0. The van der Waals surface area contributed by atoms with Crippen molar-refractivity contribution in [2.75, 3.05) is 12.5 Å². The van der Waals surface area contributed by atoms with E-state index in [1.165, 1.54) is 28.6 Å². The second kappa shape index (κ2) is 12.3. The summed E-state index contributed by atoms with van der Waals surface area (Å²) in [5.41, 5.74) is 2.33. The van der Waals surface area contributed by atoms with Crippen LogP contribution in [0.4, 0.5) is 5.69 Å². The van der Waals surface area contributed by atoms with E-state index in [0.29, 0.717) is 37.6 Å². The van der Waals surface area contributed by atoms with Gasteiger partial charge in [-0.25, -0.2) is 23.5 Å². The number of nitrogens with zero attached hydrogens (tertiary/aromatic N) is 4. The van der Waals surface area contributed by atoms with E-state index in [4.69, 9.17) is 27.9 Å². The average molecular weight is 789 g/mol. The second-order valence-electron chi connectivity index (χ2n) is 12.6. The predicted octanol–water partition coefficient (Wildman–Crippen LogP) is 6.20. The van der Waals surface area contributed by atoms with Gasteiger partial charge in [0.15, 0.2) is 0 Å². The third-order valence-corrected chi connectivity index (χ3v) is 11.2. The van der Waals surface area contributed by atoms with Gasteiger partial charge in [0.25, 0.3) is 11.8 Å². The normalized spacial score (nSPS) is 22.2. The number of anilines is 1. The minimum absolute atomic E-state index is 0.0127. The first-order valence-corrected chi connectivity index (χ1v) is 17.5. The molecule has 3 heterocycles. The predicted molar refractivity (Wildman–Crippen MR) is 195 cm³/mol. The Bertz CT molecular complexity index is 2410. The molecule has 51 heavy (non-hydrogen) atoms. The van der Waals surface area contributed by atoms with Gasteiger partial charge >= 0.3 is 11.4 Å². The van der Waals surface area contributed by atoms with E-state index >= 15 is 4.79 Å². The summed E-state index contributed by atoms with van der Waals surface area (Å²) < 4.78 is 9.90. The van der Waals surface area contributed by atoms with Crippen molar-refractivity contribution in [3.05, 3.63) is 149 Å². The van der Waals surface area contributed by atoms with E-state index < -0.39 is 46.5 Å². The molecule has 1 aromatic heterocycles. The van der Waals surface area contributed by atoms with E-state index in [1.54, 1.807) is 78.9 Å². The number of halogens is 3. The van der Waals surface area contributed by atoms with Crippen LogP contribution in [0, 0.1) is 5.92 Å². The van der Waals surface area contributed by atoms with Crippen molar-refractivity contribution >= 4 is 56.6 Å². The highest BCUT2D eigenvalue weighted by atomic mass is 79.9. The second-order valence-corrected chi connectivity index (χ2v) is 14.4. The Labute approximate surface area is 309 Å². The summed E-state index contributed by atoms with van der Waals surface area (Å²) in [6.07, 6.45) is 1.82. The molecule has 1 saturated heterocycles. The molecule has 4 atom stereocenters. The smallest absolute Gasteiger partial charge is 0.352 e. The zero-order chi connectivity index (χ0) is 35.8. The SMILES string of the molecule is COc1ccc([C@@]23C(=O)N(Nc4ccc(Cl)cc4Cl)C(=O)[C@@H]2C[C@@H]2C(=CCn4c(=O)n(-c5ccccc5)c(=O)n42)[C@@H]3c2cc(Br)ccc2O)cc1. The maximum Gasteiger partial charge on any atom is 0.352 e. The van der Waals surface area contributed by atoms with Gasteiger partial charge in [0.2, 0.25) is 0 Å². The number of nitrogens with one attached hydrogen (secondary N) is 1. The van der Waals surface area contributed by atoms with Crippen LogP contribution in [0.15, 0.2) is 117 Å². The fraction of sp³-hybridized carbons (Fsp3) is 0.189. The minimum atomic E-state index is -1.63. The van der Waals surface area contributed by atoms with Crippen molar-refractivity contribution in [2.24, 2.45) is 5.92 Å². The summed E-state index contributed by atoms with van der Waals surface area (Å²) in [5, 5.41) is 13.1. The molecule has 2 aliphatic heterocycles. The number of amides is 2. The Morgan fingerprint density at radius 2 is 1.67 bits per heavy atom. The summed E-state index contributed by atoms with van der Waals surface area (Å²) in [4.78, 5) is 58.2. The maximum absolute atomic E-state index is 15.3. The number of aromatic nitrogens is 3. The molecule has 2 N–H and O–H groups in total. The highest BCUT2D eigenvalue weighted by Crippen LogP contribution is 2.63. The topological polar surface area (TPSA) is 128 Å². The number of rotatable bonds is 6. The van der Waals surface area contributed by atoms with Crippen LogP contribution < -0.4 is 21.5 Å². The Kier molecular flexibility index (Phi) is 8.01. The average Bonchev–Trinajstić information content (AvgIpc) is 3.51. The lowest BCUT2D eigenvalue weighted by Crippen LogP contribution is -2.53. The summed E-state index contributed by atoms with van der Waals surface area (Å²) in [6.45, 7) is 0.0127. The largest absolute Gasteiger partial charge is 0.508 e. The summed E-state index contributed by atoms with van der Waals surface area (Å²) in [5.74, 6) is -2.80. The molecule has 4 aromatic carbocycles. The Hall–Kier alpha value is -5.04. The van der Waals surface area contributed by atoms with Crippen LogP contribution in [0.5, 0.6) is 11.5 Å². The van der Waals surface area contributed by atoms with E-state index in [9.17, 15) is 19.5 Å². The van der Waals surface area contributed by atoms with Crippen LogP contribution in [-0.4, -0.2) is 43.0 Å². The number of phenolic OH excluding ortho intramolecular Hbond substituents is 1. The fourth-order valence-electron chi connectivity index (χ4n) is 8.00. The van der Waals surface area contributed by atoms with Gasteiger partial charge in [-0.3, -0.25) is 15.0 Å². The zero-order valence-electron chi connectivity index (χ0n) is 26.8. The molecule has 11 nitrogen and oxygen atoms in total. The number of para-hydroxylation sites is 1. The third-order valence-electron chi connectivity index (χ3n) is 10.2. The molecule has 0 bridgehead atoms. The standard InChI is InChI=1S/C37H28BrCl2N5O6/c1-51-24-11-7-20(8-12-24)37-27(33(47)44(34(37)48)41-29-13-10-22(39)18-28(29)40)19-30-25(32(37)26-17-21(38)9-14-31(26)46)15-16-42-35(49)43(36(50)45(30)42)23-5-3-2-4-6-23/h2-15,17-18,27,30,32,41,46H,16,19H2,1H3/t27-,30+,32+,37+/m0/s1. The molecule has 14 heteroatoms. The number of fused-ring (bicyclic) bond motifs is 4. The monoisotopic (exact) mass is 787 g/mol. The lowest BCUT2D eigenvalue weighted by molar-refractivity contribution is -0.138. The highest BCUT2D eigenvalue weighted by molar-refractivity contribution is 9.10. The van der Waals surface area contributed by atoms with Crippen LogP contribution in [0.3, 0.4) is 0 Å². The van der Waals surface area contributed by atoms with Crippen LogP contribution in [0.25, 0.3) is 5.69 Å². The van der Waals surface area contributed by atoms with Crippen molar-refractivity contribution < 1.29 is 19.4 Å². The van der Waals surface area contributed by atoms with Gasteiger partial charge in [-0.1, -0.05) is 75.5 Å². The highest BCUT2D eigenvalue weighted by Gasteiger charge is 2.69. The first kappa shape index (κ1) is 33.1. The van der Waals surface area contributed by atoms with Gasteiger partial charge in [-0.05, 0) is 78.2 Å². The molecule has 1 aliphatic carbocycles. The minimum Gasteiger partial charge on any atom is -0.508 e. The van der Waals surface area contributed by atoms with E-state index in [-0.39, 0.29) is 29.4 Å². The number of imide groups is 1. The summed E-state index contributed by atoms with van der Waals surface area (Å²) >= 11 is 16.2. The van der Waals surface area contributed by atoms with Gasteiger partial charge in [-0.15, -0.1) is 0 Å². The van der Waals surface area contributed by atoms with E-state index in [0.717, 1.165) is 9.58 Å². The number of carbonyl (C=O) groups is 2. The Balaban J connectivity index is 1.40. The molecule has 2 fully saturated rings. The molecule has 5 aromatic rings. The Morgan fingerprint density at radius 1 is 0.922 bits per heavy atom. The van der Waals surface area contributed by atoms with E-state index in [1.807, 2.05) is 6.08 Å². The quantitative estimate of drug-likeness (QED) is 0.155. The molecule has 1 saturated carbocycles. The molecule has 0 unspecified atom stereocenters. The molecule has 8 rings (SSSR count). The lowest BCUT2D eigenvalue weighted by Gasteiger charge is -2.49. The van der Waals surface area contributed by atoms with Gasteiger partial charge < -0.3 is 9.84 Å². The molecule has 2 amide bonds. The number of hydrogen-bond donors (Lipinski definition) is 2. The Morgan fingerprint density at radius 3 is 2.37 bits per heavy atom. The van der Waals surface area contributed by atoms with Gasteiger partial charge in [-0.2, -0.15) is 5.01 Å². The third kappa shape index (κ3) is 4.91. The zero-order valence-corrected chi connectivity index (χ0v) is 29.9. The number of hydrogen-bond acceptors (Lipinski definition) is 7. The number of aromatic hydroxyl groups is 1. The molecule has 0 spiro atoms. The van der Waals surface area contributed by atoms with Crippen LogP contribution >= 0.6 is 39.1 Å². The van der Waals surface area contributed by atoms with Crippen LogP contribution in [-0.2, 0) is 21.5 Å². The number of methoxy groups -OCH3 is 1. The van der Waals surface area contributed by atoms with Crippen molar-refractivity contribution in [2.45, 2.75) is 30.3 Å². The summed E-state index contributed by atoms with van der Waals surface area (Å²) in [6, 6.07) is 24.2. The number of ether oxygens (including phenoxy) is 1. The number of carbonyl (C=O) groups excluding carboxylic acids is 2. The number of benzene rings is 4. The number of hydrazine groups is 1. The van der Waals surface area contributed by atoms with Crippen molar-refractivity contribution in [1.82, 2.24) is 18.9 Å². The lowest BCUT2D eigenvalue weighted by atomic mass is 9.53. The van der Waals surface area contributed by atoms with Gasteiger partial charge in [0, 0.05) is 21.0 Å². The fourth-order valence-corrected chi connectivity index (χ4v) is 8.83. The van der Waals surface area contributed by atoms with E-state index in [2.05, 4.69) is 21.4 Å².